The van der Waals surface area contributed by atoms with Crippen LogP contribution in [-0.2, 0) is 6.61 Å². The van der Waals surface area contributed by atoms with Crippen molar-refractivity contribution >= 4 is 11.3 Å². The summed E-state index contributed by atoms with van der Waals surface area (Å²) in [7, 11) is 0. The van der Waals surface area contributed by atoms with Gasteiger partial charge in [0.15, 0.2) is 0 Å². The van der Waals surface area contributed by atoms with Crippen LogP contribution in [0, 0.1) is 0 Å². The summed E-state index contributed by atoms with van der Waals surface area (Å²) in [4.78, 5) is 0. The van der Waals surface area contributed by atoms with Crippen molar-refractivity contribution in [2.45, 2.75) is 26.4 Å². The highest BCUT2D eigenvalue weighted by atomic mass is 32.1. The zero-order valence-corrected chi connectivity index (χ0v) is 10.4. The molecule has 1 N–H and O–H groups in total. The maximum atomic E-state index is 9.22. The van der Waals surface area contributed by atoms with Crippen molar-refractivity contribution in [2.24, 2.45) is 0 Å². The first kappa shape index (κ1) is 11.4. The lowest BCUT2D eigenvalue weighted by atomic mass is 9.98. The first-order valence-corrected chi connectivity index (χ1v) is 6.43. The van der Waals surface area contributed by atoms with Crippen LogP contribution in [0.1, 0.15) is 30.9 Å². The molecule has 1 nitrogen and oxygen atoms in total. The molecule has 0 unspecified atom stereocenters. The molecule has 2 rings (SSSR count). The Labute approximate surface area is 100 Å². The molecule has 84 valence electrons. The number of rotatable bonds is 3. The van der Waals surface area contributed by atoms with Crippen molar-refractivity contribution in [3.05, 3.63) is 46.2 Å². The molecule has 1 aromatic carbocycles. The normalized spacial score (nSPS) is 11.0. The molecule has 16 heavy (non-hydrogen) atoms. The lowest BCUT2D eigenvalue weighted by Gasteiger charge is -2.07. The molecule has 1 aromatic heterocycles. The van der Waals surface area contributed by atoms with E-state index in [9.17, 15) is 5.11 Å². The summed E-state index contributed by atoms with van der Waals surface area (Å²) < 4.78 is 0. The summed E-state index contributed by atoms with van der Waals surface area (Å²) >= 11 is 1.64. The Balaban J connectivity index is 2.35. The highest BCUT2D eigenvalue weighted by Gasteiger charge is 2.06. The Hall–Kier alpha value is -1.12. The van der Waals surface area contributed by atoms with Crippen LogP contribution in [0.5, 0.6) is 0 Å². The van der Waals surface area contributed by atoms with Crippen LogP contribution >= 0.6 is 11.3 Å². The molecule has 0 fully saturated rings. The third kappa shape index (κ3) is 2.18. The quantitative estimate of drug-likeness (QED) is 0.847. The van der Waals surface area contributed by atoms with E-state index in [4.69, 9.17) is 0 Å². The van der Waals surface area contributed by atoms with Crippen LogP contribution in [0.3, 0.4) is 0 Å². The molecule has 0 atom stereocenters. The predicted molar refractivity (Wildman–Crippen MR) is 69.8 cm³/mol. The first-order chi connectivity index (χ1) is 7.72. The van der Waals surface area contributed by atoms with E-state index in [2.05, 4.69) is 43.5 Å². The molecule has 0 aliphatic rings. The van der Waals surface area contributed by atoms with E-state index in [0.29, 0.717) is 5.92 Å². The van der Waals surface area contributed by atoms with Gasteiger partial charge in [-0.05, 0) is 38.9 Å². The fourth-order valence-corrected chi connectivity index (χ4v) is 2.60. The minimum atomic E-state index is 0.116. The minimum absolute atomic E-state index is 0.116. The average Bonchev–Trinajstić information content (AvgIpc) is 2.77. The second-order valence-electron chi connectivity index (χ2n) is 4.25. The Bertz CT molecular complexity index is 454. The van der Waals surface area contributed by atoms with Crippen LogP contribution < -0.4 is 0 Å². The SMILES string of the molecule is CC(C)c1ccc(-c2cscc2CO)cc1. The van der Waals surface area contributed by atoms with Gasteiger partial charge in [-0.2, -0.15) is 11.3 Å². The largest absolute Gasteiger partial charge is 0.392 e. The predicted octanol–water partition coefficient (Wildman–Crippen LogP) is 4.03. The van der Waals surface area contributed by atoms with E-state index in [0.717, 1.165) is 11.1 Å². The molecule has 0 aliphatic carbocycles. The maximum Gasteiger partial charge on any atom is 0.0696 e. The maximum absolute atomic E-state index is 9.22. The van der Waals surface area contributed by atoms with Gasteiger partial charge in [0.05, 0.1) is 6.61 Å². The molecule has 0 radical (unpaired) electrons. The topological polar surface area (TPSA) is 20.2 Å². The van der Waals surface area contributed by atoms with Crippen molar-refractivity contribution in [3.8, 4) is 11.1 Å². The van der Waals surface area contributed by atoms with Gasteiger partial charge in [0.25, 0.3) is 0 Å². The molecular weight excluding hydrogens is 216 g/mol. The number of hydrogen-bond donors (Lipinski definition) is 1. The van der Waals surface area contributed by atoms with Crippen LogP contribution in [-0.4, -0.2) is 5.11 Å². The monoisotopic (exact) mass is 232 g/mol. The van der Waals surface area contributed by atoms with Crippen molar-refractivity contribution < 1.29 is 5.11 Å². The number of thiophene rings is 1. The van der Waals surface area contributed by atoms with E-state index >= 15 is 0 Å². The molecule has 0 saturated carbocycles. The molecule has 1 heterocycles. The molecular formula is C14H16OS. The van der Waals surface area contributed by atoms with Crippen LogP contribution in [0.15, 0.2) is 35.0 Å². The summed E-state index contributed by atoms with van der Waals surface area (Å²) in [6, 6.07) is 8.60. The van der Waals surface area contributed by atoms with Gasteiger partial charge in [-0.15, -0.1) is 0 Å². The third-order valence-electron chi connectivity index (χ3n) is 2.80. The smallest absolute Gasteiger partial charge is 0.0696 e. The molecule has 2 aromatic rings. The second-order valence-corrected chi connectivity index (χ2v) is 4.99. The van der Waals surface area contributed by atoms with E-state index in [1.807, 2.05) is 5.38 Å². The first-order valence-electron chi connectivity index (χ1n) is 5.48. The highest BCUT2D eigenvalue weighted by Crippen LogP contribution is 2.28. The number of hydrogen-bond acceptors (Lipinski definition) is 2. The van der Waals surface area contributed by atoms with Gasteiger partial charge in [-0.1, -0.05) is 38.1 Å². The van der Waals surface area contributed by atoms with E-state index in [-0.39, 0.29) is 6.61 Å². The lowest BCUT2D eigenvalue weighted by molar-refractivity contribution is 0.283. The van der Waals surface area contributed by atoms with Gasteiger partial charge in [-0.25, -0.2) is 0 Å². The van der Waals surface area contributed by atoms with Gasteiger partial charge in [0.2, 0.25) is 0 Å². The minimum Gasteiger partial charge on any atom is -0.392 e. The van der Waals surface area contributed by atoms with E-state index in [1.165, 1.54) is 11.1 Å². The van der Waals surface area contributed by atoms with E-state index in [1.54, 1.807) is 11.3 Å². The Kier molecular flexibility index (Phi) is 3.42. The Morgan fingerprint density at radius 2 is 1.81 bits per heavy atom. The summed E-state index contributed by atoms with van der Waals surface area (Å²) in [5.74, 6) is 0.564. The summed E-state index contributed by atoms with van der Waals surface area (Å²) in [5.41, 5.74) is 4.71. The van der Waals surface area contributed by atoms with Gasteiger partial charge < -0.3 is 5.11 Å². The second kappa shape index (κ2) is 4.81. The van der Waals surface area contributed by atoms with Crippen molar-refractivity contribution in [3.63, 3.8) is 0 Å². The summed E-state index contributed by atoms with van der Waals surface area (Å²) in [6.07, 6.45) is 0. The van der Waals surface area contributed by atoms with Crippen LogP contribution in [0.2, 0.25) is 0 Å². The Morgan fingerprint density at radius 3 is 2.38 bits per heavy atom. The van der Waals surface area contributed by atoms with Crippen LogP contribution in [0.25, 0.3) is 11.1 Å². The fraction of sp³-hybridized carbons (Fsp3) is 0.286. The number of benzene rings is 1. The lowest BCUT2D eigenvalue weighted by Crippen LogP contribution is -1.88. The summed E-state index contributed by atoms with van der Waals surface area (Å²) in [6.45, 7) is 4.50. The van der Waals surface area contributed by atoms with Gasteiger partial charge in [0.1, 0.15) is 0 Å². The molecule has 0 bridgehead atoms. The highest BCUT2D eigenvalue weighted by molar-refractivity contribution is 7.08. The summed E-state index contributed by atoms with van der Waals surface area (Å²) in [5, 5.41) is 13.3. The van der Waals surface area contributed by atoms with E-state index < -0.39 is 0 Å². The third-order valence-corrected chi connectivity index (χ3v) is 3.59. The van der Waals surface area contributed by atoms with Gasteiger partial charge >= 0.3 is 0 Å². The van der Waals surface area contributed by atoms with Gasteiger partial charge in [0, 0.05) is 0 Å². The van der Waals surface area contributed by atoms with Crippen molar-refractivity contribution in [2.75, 3.05) is 0 Å². The molecule has 0 amide bonds. The zero-order chi connectivity index (χ0) is 11.5. The number of aliphatic hydroxyl groups is 1. The standard InChI is InChI=1S/C14H16OS/c1-10(2)11-3-5-12(6-4-11)14-9-16-8-13(14)7-15/h3-6,8-10,15H,7H2,1-2H3. The van der Waals surface area contributed by atoms with Gasteiger partial charge in [-0.3, -0.25) is 0 Å². The zero-order valence-electron chi connectivity index (χ0n) is 9.60. The van der Waals surface area contributed by atoms with Crippen molar-refractivity contribution in [1.82, 2.24) is 0 Å². The number of aliphatic hydroxyl groups excluding tert-OH is 1. The average molecular weight is 232 g/mol. The molecule has 2 heteroatoms. The molecule has 0 aliphatic heterocycles. The van der Waals surface area contributed by atoms with Crippen LogP contribution in [0.4, 0.5) is 0 Å². The Morgan fingerprint density at radius 1 is 1.12 bits per heavy atom. The molecule has 0 saturated heterocycles. The van der Waals surface area contributed by atoms with Crippen molar-refractivity contribution in [1.29, 1.82) is 0 Å². The molecule has 0 spiro atoms. The fourth-order valence-electron chi connectivity index (χ4n) is 1.75.